The molecule has 206 valence electrons. The average Bonchev–Trinajstić information content (AvgIpc) is 3.38. The summed E-state index contributed by atoms with van der Waals surface area (Å²) in [5.41, 5.74) is 5.47. The normalized spacial score (nSPS) is 33.4. The molecule has 2 aromatic rings. The maximum Gasteiger partial charge on any atom is 0.586 e. The third-order valence-corrected chi connectivity index (χ3v) is 10.3. The molecular weight excluding hydrogens is 510 g/mol. The molecule has 7 rings (SSSR count). The van der Waals surface area contributed by atoms with Crippen molar-refractivity contribution in [1.29, 1.82) is 0 Å². The summed E-state index contributed by atoms with van der Waals surface area (Å²) in [4.78, 5) is 12.3. The molecular formula is C34H32F2O4. The van der Waals surface area contributed by atoms with Gasteiger partial charge in [-0.2, -0.15) is 0 Å². The lowest BCUT2D eigenvalue weighted by Crippen LogP contribution is -2.51. The zero-order valence-electron chi connectivity index (χ0n) is 22.7. The molecule has 0 aromatic heterocycles. The summed E-state index contributed by atoms with van der Waals surface area (Å²) in [7, 11) is 0. The number of fused-ring (bicyclic) bond motifs is 5. The van der Waals surface area contributed by atoms with Gasteiger partial charge in [-0.05, 0) is 103 Å². The Bertz CT molecular complexity index is 1540. The topological polar surface area (TPSA) is 55.8 Å². The van der Waals surface area contributed by atoms with Crippen molar-refractivity contribution in [3.8, 4) is 34.5 Å². The smallest absolute Gasteiger partial charge is 0.395 e. The molecule has 0 radical (unpaired) electrons. The zero-order valence-corrected chi connectivity index (χ0v) is 22.7. The third kappa shape index (κ3) is 3.78. The van der Waals surface area contributed by atoms with E-state index in [1.54, 1.807) is 19.1 Å². The van der Waals surface area contributed by atoms with E-state index in [2.05, 4.69) is 40.4 Å². The van der Waals surface area contributed by atoms with Crippen LogP contribution in [0.2, 0.25) is 0 Å². The van der Waals surface area contributed by atoms with Gasteiger partial charge in [0.05, 0.1) is 0 Å². The molecule has 1 heterocycles. The average molecular weight is 543 g/mol. The molecule has 2 fully saturated rings. The van der Waals surface area contributed by atoms with Crippen LogP contribution in [0.4, 0.5) is 8.78 Å². The quantitative estimate of drug-likeness (QED) is 0.404. The molecule has 1 aliphatic heterocycles. The van der Waals surface area contributed by atoms with E-state index in [0.29, 0.717) is 24.7 Å². The number of halogens is 2. The van der Waals surface area contributed by atoms with Gasteiger partial charge in [0.1, 0.15) is 5.60 Å². The molecule has 5 atom stereocenters. The summed E-state index contributed by atoms with van der Waals surface area (Å²) in [6.07, 6.45) is 3.89. The number of allylic oxidation sites excluding steroid dienone is 4. The number of ketones is 1. The lowest BCUT2D eigenvalue weighted by molar-refractivity contribution is -0.286. The molecule has 0 spiro atoms. The first kappa shape index (κ1) is 25.5. The molecule has 0 amide bonds. The number of carbonyl (C=O) groups is 1. The van der Waals surface area contributed by atoms with Crippen LogP contribution >= 0.6 is 0 Å². The first-order chi connectivity index (χ1) is 19.1. The third-order valence-electron chi connectivity index (χ3n) is 10.3. The van der Waals surface area contributed by atoms with E-state index >= 15 is 0 Å². The van der Waals surface area contributed by atoms with E-state index in [1.807, 2.05) is 18.2 Å². The highest BCUT2D eigenvalue weighted by atomic mass is 19.3. The first-order valence-electron chi connectivity index (χ1n) is 14.2. The number of benzene rings is 2. The van der Waals surface area contributed by atoms with Crippen LogP contribution in [-0.2, 0) is 4.79 Å². The van der Waals surface area contributed by atoms with Crippen LogP contribution in [0.1, 0.15) is 70.3 Å². The second-order valence-corrected chi connectivity index (χ2v) is 12.2. The molecule has 4 nitrogen and oxygen atoms in total. The van der Waals surface area contributed by atoms with Gasteiger partial charge in [0.25, 0.3) is 0 Å². The van der Waals surface area contributed by atoms with E-state index in [1.165, 1.54) is 28.3 Å². The predicted molar refractivity (Wildman–Crippen MR) is 147 cm³/mol. The van der Waals surface area contributed by atoms with Gasteiger partial charge >= 0.3 is 6.29 Å². The molecule has 0 saturated heterocycles. The second kappa shape index (κ2) is 8.78. The number of rotatable bonds is 2. The number of alkyl halides is 2. The van der Waals surface area contributed by atoms with E-state index in [4.69, 9.17) is 0 Å². The van der Waals surface area contributed by atoms with Crippen LogP contribution in [0.15, 0.2) is 65.3 Å². The van der Waals surface area contributed by atoms with Crippen LogP contribution in [0.5, 0.6) is 11.5 Å². The summed E-state index contributed by atoms with van der Waals surface area (Å²) in [6.45, 7) is 4.03. The van der Waals surface area contributed by atoms with Crippen LogP contribution in [0.3, 0.4) is 0 Å². The number of hydrogen-bond donors (Lipinski definition) is 1. The maximum absolute atomic E-state index is 13.5. The Morgan fingerprint density at radius 3 is 2.50 bits per heavy atom. The number of aliphatic hydroxyl groups is 1. The van der Waals surface area contributed by atoms with E-state index in [-0.39, 0.29) is 28.6 Å². The van der Waals surface area contributed by atoms with E-state index in [9.17, 15) is 18.7 Å². The summed E-state index contributed by atoms with van der Waals surface area (Å²) < 4.78 is 36.3. The van der Waals surface area contributed by atoms with Crippen molar-refractivity contribution >= 4 is 5.78 Å². The summed E-state index contributed by atoms with van der Waals surface area (Å²) in [5, 5.41) is 11.9. The SMILES string of the molecule is CC#C[C@]1(O)CC[C@H]2C3CCC4=CC(=O)CCC4=C3[C@@H](c3ccc(-c4ccc5c(c4)OC(F)(F)O5)cc3)C[C@@]21C. The van der Waals surface area contributed by atoms with Crippen molar-refractivity contribution in [2.45, 2.75) is 76.6 Å². The maximum atomic E-state index is 13.5. The van der Waals surface area contributed by atoms with Crippen molar-refractivity contribution in [2.24, 2.45) is 17.3 Å². The molecule has 1 unspecified atom stereocenters. The minimum absolute atomic E-state index is 0.0264. The molecule has 4 aliphatic carbocycles. The van der Waals surface area contributed by atoms with Gasteiger partial charge in [0.2, 0.25) is 0 Å². The monoisotopic (exact) mass is 542 g/mol. The molecule has 5 aliphatic rings. The summed E-state index contributed by atoms with van der Waals surface area (Å²) >= 11 is 0. The lowest BCUT2D eigenvalue weighted by atomic mass is 9.51. The minimum Gasteiger partial charge on any atom is -0.395 e. The van der Waals surface area contributed by atoms with Gasteiger partial charge in [0.15, 0.2) is 17.3 Å². The Kier molecular flexibility index (Phi) is 5.61. The molecule has 2 saturated carbocycles. The highest BCUT2D eigenvalue weighted by Crippen LogP contribution is 2.66. The molecule has 6 heteroatoms. The minimum atomic E-state index is -3.65. The lowest BCUT2D eigenvalue weighted by Gasteiger charge is -2.53. The fourth-order valence-corrected chi connectivity index (χ4v) is 8.41. The Labute approximate surface area is 233 Å². The zero-order chi connectivity index (χ0) is 27.9. The van der Waals surface area contributed by atoms with Crippen LogP contribution in [0.25, 0.3) is 11.1 Å². The predicted octanol–water partition coefficient (Wildman–Crippen LogP) is 7.33. The fourth-order valence-electron chi connectivity index (χ4n) is 8.41. The van der Waals surface area contributed by atoms with Crippen LogP contribution in [0, 0.1) is 29.1 Å². The van der Waals surface area contributed by atoms with Crippen molar-refractivity contribution in [2.75, 3.05) is 0 Å². The highest BCUT2D eigenvalue weighted by molar-refractivity contribution is 5.93. The second-order valence-electron chi connectivity index (χ2n) is 12.2. The van der Waals surface area contributed by atoms with Crippen molar-refractivity contribution in [3.63, 3.8) is 0 Å². The Balaban J connectivity index is 1.30. The largest absolute Gasteiger partial charge is 0.586 e. The van der Waals surface area contributed by atoms with Crippen LogP contribution < -0.4 is 9.47 Å². The van der Waals surface area contributed by atoms with Crippen molar-refractivity contribution < 1.29 is 28.2 Å². The van der Waals surface area contributed by atoms with Crippen molar-refractivity contribution in [1.82, 2.24) is 0 Å². The standard InChI is InChI=1S/C34H32F2O4/c1-3-15-33(38)16-14-28-26-11-8-23-17-24(37)10-12-25(23)31(26)27(19-32(28,33)2)21-6-4-20(5-7-21)22-9-13-29-30(18-22)40-34(35,36)39-29/h4-7,9,13,17-18,26-28,38H,8,10-12,14,16,19H2,1-2H3/t26?,27-,28+,32+,33+/m1/s1. The highest BCUT2D eigenvalue weighted by Gasteiger charge is 2.62. The van der Waals surface area contributed by atoms with Gasteiger partial charge in [-0.25, -0.2) is 0 Å². The van der Waals surface area contributed by atoms with E-state index in [0.717, 1.165) is 43.2 Å². The number of ether oxygens (including phenoxy) is 2. The molecule has 0 bridgehead atoms. The number of carbonyl (C=O) groups excluding carboxylic acids is 1. The van der Waals surface area contributed by atoms with Gasteiger partial charge < -0.3 is 14.6 Å². The Morgan fingerprint density at radius 2 is 1.73 bits per heavy atom. The first-order valence-corrected chi connectivity index (χ1v) is 14.2. The van der Waals surface area contributed by atoms with Gasteiger partial charge in [0, 0.05) is 17.8 Å². The van der Waals surface area contributed by atoms with Gasteiger partial charge in [-0.15, -0.1) is 14.7 Å². The molecule has 2 aromatic carbocycles. The fraction of sp³-hybridized carbons (Fsp3) is 0.441. The summed E-state index contributed by atoms with van der Waals surface area (Å²) in [6, 6.07) is 13.1. The Morgan fingerprint density at radius 1 is 0.975 bits per heavy atom. The van der Waals surface area contributed by atoms with E-state index < -0.39 is 11.9 Å². The van der Waals surface area contributed by atoms with Crippen molar-refractivity contribution in [3.05, 3.63) is 70.8 Å². The van der Waals surface area contributed by atoms with Gasteiger partial charge in [-0.1, -0.05) is 48.7 Å². The summed E-state index contributed by atoms with van der Waals surface area (Å²) in [5.74, 6) is 7.29. The number of hydrogen-bond acceptors (Lipinski definition) is 4. The van der Waals surface area contributed by atoms with Crippen LogP contribution in [-0.4, -0.2) is 22.8 Å². The van der Waals surface area contributed by atoms with Gasteiger partial charge in [-0.3, -0.25) is 4.79 Å². The molecule has 1 N–H and O–H groups in total. The molecule has 40 heavy (non-hydrogen) atoms. The Hall–Kier alpha value is -3.43.